The summed E-state index contributed by atoms with van der Waals surface area (Å²) in [4.78, 5) is 23.9. The fourth-order valence-electron chi connectivity index (χ4n) is 2.47. The number of carbonyl (C=O) groups is 2. The molecule has 1 fully saturated rings. The van der Waals surface area contributed by atoms with Gasteiger partial charge in [0, 0.05) is 20.2 Å². The van der Waals surface area contributed by atoms with Gasteiger partial charge in [-0.1, -0.05) is 19.8 Å². The van der Waals surface area contributed by atoms with Gasteiger partial charge in [-0.15, -0.1) is 0 Å². The summed E-state index contributed by atoms with van der Waals surface area (Å²) < 4.78 is 4.88. The summed E-state index contributed by atoms with van der Waals surface area (Å²) in [6.45, 7) is 3.15. The molecule has 110 valence electrons. The Morgan fingerprint density at radius 3 is 2.68 bits per heavy atom. The summed E-state index contributed by atoms with van der Waals surface area (Å²) in [5.74, 6) is 0.130. The molecule has 0 heterocycles. The molecule has 0 aliphatic heterocycles. The maximum Gasteiger partial charge on any atom is 0.323 e. The van der Waals surface area contributed by atoms with Crippen LogP contribution in [0.15, 0.2) is 0 Å². The molecule has 0 aromatic heterocycles. The third-order valence-electron chi connectivity index (χ3n) is 3.73. The molecular formula is C13H24N2O4. The van der Waals surface area contributed by atoms with E-state index < -0.39 is 5.97 Å². The average Bonchev–Trinajstić information content (AvgIpc) is 2.76. The molecule has 2 unspecified atom stereocenters. The molecule has 2 N–H and O–H groups in total. The molecule has 2 atom stereocenters. The Kier molecular flexibility index (Phi) is 6.62. The molecule has 1 saturated carbocycles. The van der Waals surface area contributed by atoms with Gasteiger partial charge < -0.3 is 20.1 Å². The van der Waals surface area contributed by atoms with Crippen molar-refractivity contribution in [3.8, 4) is 0 Å². The van der Waals surface area contributed by atoms with E-state index in [1.807, 2.05) is 0 Å². The highest BCUT2D eigenvalue weighted by Crippen LogP contribution is 2.30. The third-order valence-corrected chi connectivity index (χ3v) is 3.73. The molecular weight excluding hydrogens is 248 g/mol. The molecule has 0 spiro atoms. The average molecular weight is 272 g/mol. The molecule has 1 rings (SSSR count). The lowest BCUT2D eigenvalue weighted by Gasteiger charge is -2.23. The predicted molar refractivity (Wildman–Crippen MR) is 71.0 cm³/mol. The van der Waals surface area contributed by atoms with Crippen molar-refractivity contribution in [2.24, 2.45) is 11.8 Å². The van der Waals surface area contributed by atoms with Crippen LogP contribution in [0.1, 0.15) is 26.2 Å². The van der Waals surface area contributed by atoms with Crippen molar-refractivity contribution in [3.05, 3.63) is 0 Å². The summed E-state index contributed by atoms with van der Waals surface area (Å²) >= 11 is 0. The van der Waals surface area contributed by atoms with Gasteiger partial charge in [-0.3, -0.25) is 4.79 Å². The van der Waals surface area contributed by atoms with Gasteiger partial charge in [0.25, 0.3) is 0 Å². The molecule has 6 heteroatoms. The Balaban J connectivity index is 2.39. The summed E-state index contributed by atoms with van der Waals surface area (Å²) in [5, 5.41) is 11.6. The number of nitrogens with one attached hydrogen (secondary N) is 1. The van der Waals surface area contributed by atoms with Crippen molar-refractivity contribution >= 4 is 12.0 Å². The normalized spacial score (nSPS) is 22.2. The molecule has 1 aliphatic rings. The lowest BCUT2D eigenvalue weighted by Crippen LogP contribution is -2.45. The fraction of sp³-hybridized carbons (Fsp3) is 0.846. The van der Waals surface area contributed by atoms with Crippen molar-refractivity contribution < 1.29 is 19.4 Å². The zero-order valence-corrected chi connectivity index (χ0v) is 11.7. The van der Waals surface area contributed by atoms with Gasteiger partial charge in [0.05, 0.1) is 6.61 Å². The lowest BCUT2D eigenvalue weighted by atomic mass is 9.98. The number of carboxylic acid groups (broad SMARTS) is 1. The number of aliphatic carboxylic acids is 1. The van der Waals surface area contributed by atoms with Crippen LogP contribution in [0.2, 0.25) is 0 Å². The van der Waals surface area contributed by atoms with Crippen molar-refractivity contribution in [1.82, 2.24) is 10.2 Å². The first-order valence-electron chi connectivity index (χ1n) is 6.78. The molecule has 0 aromatic carbocycles. The van der Waals surface area contributed by atoms with Gasteiger partial charge in [0.2, 0.25) is 0 Å². The van der Waals surface area contributed by atoms with Crippen LogP contribution in [0.3, 0.4) is 0 Å². The zero-order chi connectivity index (χ0) is 14.3. The van der Waals surface area contributed by atoms with Crippen molar-refractivity contribution in [3.63, 3.8) is 0 Å². The smallest absolute Gasteiger partial charge is 0.323 e. The number of urea groups is 1. The van der Waals surface area contributed by atoms with E-state index in [0.717, 1.165) is 6.42 Å². The molecule has 0 aromatic rings. The van der Waals surface area contributed by atoms with Crippen LogP contribution in [0.5, 0.6) is 0 Å². The first-order chi connectivity index (χ1) is 9.04. The number of hydrogen-bond acceptors (Lipinski definition) is 3. The monoisotopic (exact) mass is 272 g/mol. The second-order valence-electron chi connectivity index (χ2n) is 5.16. The predicted octanol–water partition coefficient (Wildman–Crippen LogP) is 1.17. The molecule has 2 amide bonds. The lowest BCUT2D eigenvalue weighted by molar-refractivity contribution is -0.137. The van der Waals surface area contributed by atoms with E-state index in [1.165, 1.54) is 24.9 Å². The first-order valence-corrected chi connectivity index (χ1v) is 6.78. The Morgan fingerprint density at radius 1 is 1.42 bits per heavy atom. The van der Waals surface area contributed by atoms with Gasteiger partial charge in [-0.2, -0.15) is 0 Å². The maximum atomic E-state index is 11.9. The van der Waals surface area contributed by atoms with E-state index in [4.69, 9.17) is 9.84 Å². The number of carbonyl (C=O) groups excluding carboxylic acids is 1. The molecule has 0 radical (unpaired) electrons. The molecule has 1 aliphatic carbocycles. The minimum Gasteiger partial charge on any atom is -0.480 e. The van der Waals surface area contributed by atoms with Crippen LogP contribution in [0.25, 0.3) is 0 Å². The van der Waals surface area contributed by atoms with E-state index in [2.05, 4.69) is 12.2 Å². The van der Waals surface area contributed by atoms with Gasteiger partial charge in [0.1, 0.15) is 6.54 Å². The van der Waals surface area contributed by atoms with Crippen LogP contribution in [0, 0.1) is 11.8 Å². The van der Waals surface area contributed by atoms with Crippen LogP contribution < -0.4 is 5.32 Å². The summed E-state index contributed by atoms with van der Waals surface area (Å²) in [6.07, 6.45) is 3.56. The fourth-order valence-corrected chi connectivity index (χ4v) is 2.47. The number of amides is 2. The highest BCUT2D eigenvalue weighted by atomic mass is 16.5. The highest BCUT2D eigenvalue weighted by molar-refractivity contribution is 5.80. The number of ether oxygens (including phenoxy) is 1. The van der Waals surface area contributed by atoms with Crippen LogP contribution >= 0.6 is 0 Å². The minimum atomic E-state index is -1.01. The quantitative estimate of drug-likeness (QED) is 0.729. The molecule has 6 nitrogen and oxygen atoms in total. The molecule has 19 heavy (non-hydrogen) atoms. The second-order valence-corrected chi connectivity index (χ2v) is 5.16. The Hall–Kier alpha value is -1.30. The van der Waals surface area contributed by atoms with E-state index in [0.29, 0.717) is 25.0 Å². The summed E-state index contributed by atoms with van der Waals surface area (Å²) in [6, 6.07) is -0.321. The third kappa shape index (κ3) is 5.46. The number of nitrogens with zero attached hydrogens (tertiary/aromatic N) is 1. The number of hydrogen-bond donors (Lipinski definition) is 2. The molecule has 0 saturated heterocycles. The van der Waals surface area contributed by atoms with Crippen molar-refractivity contribution in [2.45, 2.75) is 26.2 Å². The van der Waals surface area contributed by atoms with Crippen molar-refractivity contribution in [1.29, 1.82) is 0 Å². The largest absolute Gasteiger partial charge is 0.480 e. The molecule has 0 bridgehead atoms. The second kappa shape index (κ2) is 7.99. The minimum absolute atomic E-state index is 0.287. The summed E-state index contributed by atoms with van der Waals surface area (Å²) in [7, 11) is 1.52. The van der Waals surface area contributed by atoms with Gasteiger partial charge in [-0.05, 0) is 18.3 Å². The van der Waals surface area contributed by atoms with Crippen LogP contribution in [-0.4, -0.2) is 55.4 Å². The van der Waals surface area contributed by atoms with E-state index in [1.54, 1.807) is 0 Å². The van der Waals surface area contributed by atoms with Gasteiger partial charge in [0.15, 0.2) is 0 Å². The number of carboxylic acids is 1. The summed E-state index contributed by atoms with van der Waals surface area (Å²) in [5.41, 5.74) is 0. The van der Waals surface area contributed by atoms with Crippen LogP contribution in [-0.2, 0) is 9.53 Å². The van der Waals surface area contributed by atoms with Crippen molar-refractivity contribution in [2.75, 3.05) is 33.4 Å². The van der Waals surface area contributed by atoms with E-state index in [-0.39, 0.29) is 19.1 Å². The topological polar surface area (TPSA) is 78.9 Å². The van der Waals surface area contributed by atoms with E-state index >= 15 is 0 Å². The Morgan fingerprint density at radius 2 is 2.16 bits per heavy atom. The zero-order valence-electron chi connectivity index (χ0n) is 11.7. The number of methoxy groups -OCH3 is 1. The van der Waals surface area contributed by atoms with E-state index in [9.17, 15) is 9.59 Å². The van der Waals surface area contributed by atoms with Gasteiger partial charge >= 0.3 is 12.0 Å². The Labute approximate surface area is 114 Å². The Bertz CT molecular complexity index is 309. The standard InChI is InChI=1S/C13H24N2O4/c1-10-4-3-5-11(10)8-14-13(18)15(6-7-19-2)9-12(16)17/h10-11H,3-9H2,1-2H3,(H,14,18)(H,16,17). The van der Waals surface area contributed by atoms with Crippen LogP contribution in [0.4, 0.5) is 4.79 Å². The van der Waals surface area contributed by atoms with Gasteiger partial charge in [-0.25, -0.2) is 4.79 Å². The maximum absolute atomic E-state index is 11.9. The highest BCUT2D eigenvalue weighted by Gasteiger charge is 2.24. The number of rotatable bonds is 7. The SMILES string of the molecule is COCCN(CC(=O)O)C(=O)NCC1CCCC1C. The first kappa shape index (κ1) is 15.8.